The number of anilines is 1. The Bertz CT molecular complexity index is 661. The fraction of sp³-hybridized carbons (Fsp3) is 0.438. The Labute approximate surface area is 133 Å². The minimum Gasteiger partial charge on any atom is -0.324 e. The zero-order valence-electron chi connectivity index (χ0n) is 12.6. The van der Waals surface area contributed by atoms with Gasteiger partial charge in [-0.2, -0.15) is 0 Å². The molecule has 0 aromatic heterocycles. The third kappa shape index (κ3) is 2.52. The van der Waals surface area contributed by atoms with Crippen molar-refractivity contribution in [3.05, 3.63) is 29.8 Å². The first-order valence-electron chi connectivity index (χ1n) is 7.29. The molecule has 2 fully saturated rings. The molecular weight excluding hydrogens is 300 g/mol. The van der Waals surface area contributed by atoms with Gasteiger partial charge in [0.2, 0.25) is 11.8 Å². The Kier molecular flexibility index (Phi) is 3.72. The van der Waals surface area contributed by atoms with Gasteiger partial charge in [0, 0.05) is 23.4 Å². The quantitative estimate of drug-likeness (QED) is 0.868. The maximum absolute atomic E-state index is 12.5. The summed E-state index contributed by atoms with van der Waals surface area (Å²) in [4.78, 5) is 37.5. The fourth-order valence-electron chi connectivity index (χ4n) is 3.06. The second kappa shape index (κ2) is 5.43. The van der Waals surface area contributed by atoms with Gasteiger partial charge in [0.25, 0.3) is 0 Å². The summed E-state index contributed by atoms with van der Waals surface area (Å²) in [5, 5.41) is 2.83. The molecule has 1 N–H and O–H groups in total. The van der Waals surface area contributed by atoms with Gasteiger partial charge in [0.15, 0.2) is 5.78 Å². The summed E-state index contributed by atoms with van der Waals surface area (Å²) < 4.78 is 0. The number of carbonyl (C=O) groups is 3. The number of Topliss-reactive ketones (excluding diaryl/α,β-unsaturated/α-hetero) is 1. The van der Waals surface area contributed by atoms with Crippen molar-refractivity contribution >= 4 is 35.0 Å². The van der Waals surface area contributed by atoms with E-state index in [1.165, 1.54) is 6.92 Å². The Morgan fingerprint density at radius 2 is 2.18 bits per heavy atom. The highest BCUT2D eigenvalue weighted by Crippen LogP contribution is 2.47. The minimum atomic E-state index is -0.439. The summed E-state index contributed by atoms with van der Waals surface area (Å²) in [5.41, 5.74) is 1.14. The number of nitrogens with one attached hydrogen (secondary N) is 1. The van der Waals surface area contributed by atoms with Crippen LogP contribution < -0.4 is 5.32 Å². The molecule has 0 bridgehead atoms. The predicted molar refractivity (Wildman–Crippen MR) is 85.8 cm³/mol. The lowest BCUT2D eigenvalue weighted by atomic mass is 10.1. The molecule has 3 rings (SSSR count). The molecule has 5 nitrogen and oxygen atoms in total. The van der Waals surface area contributed by atoms with Gasteiger partial charge in [-0.3, -0.25) is 14.4 Å². The number of hydrogen-bond donors (Lipinski definition) is 1. The van der Waals surface area contributed by atoms with Crippen molar-refractivity contribution in [2.45, 2.75) is 37.6 Å². The van der Waals surface area contributed by atoms with E-state index in [0.717, 1.165) is 6.42 Å². The number of fused-ring (bicyclic) bond motifs is 1. The summed E-state index contributed by atoms with van der Waals surface area (Å²) in [7, 11) is 0. The molecule has 6 heteroatoms. The molecule has 1 aromatic rings. The summed E-state index contributed by atoms with van der Waals surface area (Å²) in [6, 6.07) is 6.42. The molecule has 0 saturated carbocycles. The topological polar surface area (TPSA) is 66.5 Å². The maximum atomic E-state index is 12.5. The number of thioether (sulfide) groups is 1. The molecule has 0 radical (unpaired) electrons. The van der Waals surface area contributed by atoms with Crippen LogP contribution in [-0.2, 0) is 9.59 Å². The Balaban J connectivity index is 1.77. The highest BCUT2D eigenvalue weighted by atomic mass is 32.2. The van der Waals surface area contributed by atoms with Gasteiger partial charge in [-0.25, -0.2) is 0 Å². The number of benzene rings is 1. The molecule has 0 spiro atoms. The number of ketones is 1. The van der Waals surface area contributed by atoms with Crippen LogP contribution >= 0.6 is 11.8 Å². The SMILES string of the molecule is CC(=O)c1cccc(NC(=O)[C@H]2CS[C@@]3(C)CCC(=O)N23)c1. The lowest BCUT2D eigenvalue weighted by Gasteiger charge is -2.29. The monoisotopic (exact) mass is 318 g/mol. The number of amides is 2. The largest absolute Gasteiger partial charge is 0.324 e. The van der Waals surface area contributed by atoms with Crippen LogP contribution in [0.5, 0.6) is 0 Å². The van der Waals surface area contributed by atoms with Crippen molar-refractivity contribution in [2.24, 2.45) is 0 Å². The molecule has 2 aliphatic heterocycles. The van der Waals surface area contributed by atoms with Crippen LogP contribution in [0.2, 0.25) is 0 Å². The van der Waals surface area contributed by atoms with Gasteiger partial charge >= 0.3 is 0 Å². The number of rotatable bonds is 3. The van der Waals surface area contributed by atoms with Crippen molar-refractivity contribution in [3.63, 3.8) is 0 Å². The Hall–Kier alpha value is -1.82. The Morgan fingerprint density at radius 3 is 2.91 bits per heavy atom. The molecule has 2 heterocycles. The number of nitrogens with zero attached hydrogens (tertiary/aromatic N) is 1. The zero-order valence-corrected chi connectivity index (χ0v) is 13.4. The third-order valence-electron chi connectivity index (χ3n) is 4.28. The Morgan fingerprint density at radius 1 is 1.41 bits per heavy atom. The van der Waals surface area contributed by atoms with Gasteiger partial charge in [-0.15, -0.1) is 11.8 Å². The van der Waals surface area contributed by atoms with Crippen molar-refractivity contribution in [2.75, 3.05) is 11.1 Å². The maximum Gasteiger partial charge on any atom is 0.248 e. The molecule has 2 saturated heterocycles. The lowest BCUT2D eigenvalue weighted by molar-refractivity contribution is -0.135. The molecule has 2 amide bonds. The van der Waals surface area contributed by atoms with E-state index in [2.05, 4.69) is 5.32 Å². The van der Waals surface area contributed by atoms with Crippen LogP contribution in [0.15, 0.2) is 24.3 Å². The summed E-state index contributed by atoms with van der Waals surface area (Å²) in [6.07, 6.45) is 1.30. The zero-order chi connectivity index (χ0) is 15.9. The average Bonchev–Trinajstić information content (AvgIpc) is 2.96. The molecule has 2 atom stereocenters. The van der Waals surface area contributed by atoms with Crippen LogP contribution in [-0.4, -0.2) is 39.2 Å². The van der Waals surface area contributed by atoms with Crippen molar-refractivity contribution in [3.8, 4) is 0 Å². The van der Waals surface area contributed by atoms with E-state index >= 15 is 0 Å². The minimum absolute atomic E-state index is 0.0464. The molecular formula is C16H18N2O3S. The van der Waals surface area contributed by atoms with E-state index < -0.39 is 6.04 Å². The van der Waals surface area contributed by atoms with Crippen LogP contribution in [0, 0.1) is 0 Å². The molecule has 2 aliphatic rings. The highest BCUT2D eigenvalue weighted by Gasteiger charge is 2.52. The molecule has 1 aromatic carbocycles. The van der Waals surface area contributed by atoms with Crippen molar-refractivity contribution < 1.29 is 14.4 Å². The fourth-order valence-corrected chi connectivity index (χ4v) is 4.49. The second-order valence-corrected chi connectivity index (χ2v) is 7.39. The van der Waals surface area contributed by atoms with Crippen LogP contribution in [0.4, 0.5) is 5.69 Å². The van der Waals surface area contributed by atoms with Crippen LogP contribution in [0.3, 0.4) is 0 Å². The van der Waals surface area contributed by atoms with E-state index in [1.54, 1.807) is 40.9 Å². The van der Waals surface area contributed by atoms with E-state index in [4.69, 9.17) is 0 Å². The number of carbonyl (C=O) groups excluding carboxylic acids is 3. The molecule has 0 unspecified atom stereocenters. The van der Waals surface area contributed by atoms with Crippen molar-refractivity contribution in [1.29, 1.82) is 0 Å². The second-order valence-electron chi connectivity index (χ2n) is 5.89. The van der Waals surface area contributed by atoms with E-state index in [-0.39, 0.29) is 22.5 Å². The van der Waals surface area contributed by atoms with Crippen LogP contribution in [0.25, 0.3) is 0 Å². The average molecular weight is 318 g/mol. The normalized spacial score (nSPS) is 26.9. The van der Waals surface area contributed by atoms with E-state index in [1.807, 2.05) is 6.92 Å². The number of hydrogen-bond acceptors (Lipinski definition) is 4. The van der Waals surface area contributed by atoms with Crippen molar-refractivity contribution in [1.82, 2.24) is 4.90 Å². The third-order valence-corrected chi connectivity index (χ3v) is 5.79. The van der Waals surface area contributed by atoms with E-state index in [0.29, 0.717) is 23.4 Å². The van der Waals surface area contributed by atoms with Crippen LogP contribution in [0.1, 0.15) is 37.0 Å². The first kappa shape index (κ1) is 15.1. The van der Waals surface area contributed by atoms with Gasteiger partial charge in [0.1, 0.15) is 6.04 Å². The summed E-state index contributed by atoms with van der Waals surface area (Å²) in [6.45, 7) is 3.51. The molecule has 22 heavy (non-hydrogen) atoms. The van der Waals surface area contributed by atoms with Gasteiger partial charge in [-0.05, 0) is 32.4 Å². The van der Waals surface area contributed by atoms with Gasteiger partial charge in [0.05, 0.1) is 4.87 Å². The summed E-state index contributed by atoms with van der Waals surface area (Å²) in [5.74, 6) is 0.424. The smallest absolute Gasteiger partial charge is 0.248 e. The van der Waals surface area contributed by atoms with E-state index in [9.17, 15) is 14.4 Å². The molecule has 0 aliphatic carbocycles. The predicted octanol–water partition coefficient (Wildman–Crippen LogP) is 2.28. The first-order valence-corrected chi connectivity index (χ1v) is 8.27. The lowest BCUT2D eigenvalue weighted by Crippen LogP contribution is -2.48. The first-order chi connectivity index (χ1) is 10.4. The molecule has 116 valence electrons. The van der Waals surface area contributed by atoms with Gasteiger partial charge in [-0.1, -0.05) is 12.1 Å². The summed E-state index contributed by atoms with van der Waals surface area (Å²) >= 11 is 1.66. The van der Waals surface area contributed by atoms with Gasteiger partial charge < -0.3 is 10.2 Å². The standard InChI is InChI=1S/C16H18N2O3S/c1-10(19)11-4-3-5-12(8-11)17-15(21)13-9-22-16(2)7-6-14(20)18(13)16/h3-5,8,13H,6-7,9H2,1-2H3,(H,17,21)/t13-,16+/m1/s1. The highest BCUT2D eigenvalue weighted by molar-refractivity contribution is 8.01.